The second-order valence-electron chi connectivity index (χ2n) is 9.73. The number of halogens is 1. The lowest BCUT2D eigenvalue weighted by atomic mass is 9.59. The number of carboxylic acids is 1. The molecule has 0 saturated carbocycles. The molecule has 4 atom stereocenters. The highest BCUT2D eigenvalue weighted by atomic mass is 79.9. The van der Waals surface area contributed by atoms with E-state index in [-0.39, 0.29) is 59.4 Å². The van der Waals surface area contributed by atoms with Crippen LogP contribution in [0.5, 0.6) is 5.75 Å². The van der Waals surface area contributed by atoms with E-state index in [1.54, 1.807) is 25.1 Å². The molecule has 8 nitrogen and oxygen atoms in total. The average Bonchev–Trinajstić information content (AvgIpc) is 3.08. The second kappa shape index (κ2) is 8.96. The van der Waals surface area contributed by atoms with Crippen LogP contribution in [-0.4, -0.2) is 51.0 Å². The molecule has 4 unspecified atom stereocenters. The molecule has 1 heterocycles. The summed E-state index contributed by atoms with van der Waals surface area (Å²) in [5.74, 6) is -4.85. The number of carbonyl (C=O) groups is 5. The number of allylic oxidation sites excluding steroid dienone is 6. The van der Waals surface area contributed by atoms with Crippen LogP contribution in [-0.2, 0) is 24.0 Å². The smallest absolute Gasteiger partial charge is 0.303 e. The van der Waals surface area contributed by atoms with Gasteiger partial charge in [-0.05, 0) is 53.6 Å². The van der Waals surface area contributed by atoms with Crippen molar-refractivity contribution in [3.05, 3.63) is 62.7 Å². The number of benzene rings is 1. The van der Waals surface area contributed by atoms with Gasteiger partial charge in [-0.2, -0.15) is 0 Å². The number of aromatic hydroxyl groups is 1. The molecule has 2 N–H and O–H groups in total. The molecule has 36 heavy (non-hydrogen) atoms. The summed E-state index contributed by atoms with van der Waals surface area (Å²) in [5, 5.41) is 19.9. The van der Waals surface area contributed by atoms with E-state index in [0.717, 1.165) is 10.5 Å². The fourth-order valence-corrected chi connectivity index (χ4v) is 6.60. The number of rotatable bonds is 5. The minimum Gasteiger partial charge on any atom is -0.507 e. The van der Waals surface area contributed by atoms with Crippen LogP contribution in [0.15, 0.2) is 51.6 Å². The maximum Gasteiger partial charge on any atom is 0.303 e. The number of imide groups is 1. The standard InChI is InChI=1S/C27H24BrNO7/c1-12-4-2-5-14(24(12)33)21-13-7-8-15-22(27(36)29(26(15)35)9-3-6-20(31)32)16(13)10-17-23(21)19(30)11-18(28)25(17)34/h2,4-5,7,11,15-16,21-22,33H,3,6,8-10H2,1H3,(H,31,32). The van der Waals surface area contributed by atoms with Gasteiger partial charge in [0.15, 0.2) is 11.6 Å². The molecular weight excluding hydrogens is 530 g/mol. The molecule has 2 amide bonds. The first-order valence-corrected chi connectivity index (χ1v) is 12.7. The molecule has 4 aliphatic rings. The van der Waals surface area contributed by atoms with Crippen molar-refractivity contribution in [2.75, 3.05) is 6.54 Å². The first-order chi connectivity index (χ1) is 17.1. The second-order valence-corrected chi connectivity index (χ2v) is 10.6. The number of amides is 2. The third-order valence-corrected chi connectivity index (χ3v) is 8.36. The monoisotopic (exact) mass is 553 g/mol. The van der Waals surface area contributed by atoms with E-state index in [9.17, 15) is 29.1 Å². The predicted octanol–water partition coefficient (Wildman–Crippen LogP) is 3.33. The minimum absolute atomic E-state index is 0.0241. The molecule has 1 saturated heterocycles. The predicted molar refractivity (Wildman–Crippen MR) is 131 cm³/mol. The Morgan fingerprint density at radius 3 is 2.61 bits per heavy atom. The van der Waals surface area contributed by atoms with Crippen molar-refractivity contribution >= 4 is 45.3 Å². The van der Waals surface area contributed by atoms with Crippen molar-refractivity contribution in [2.45, 2.75) is 38.5 Å². The van der Waals surface area contributed by atoms with Gasteiger partial charge in [0, 0.05) is 41.7 Å². The Kier molecular flexibility index (Phi) is 6.06. The average molecular weight is 554 g/mol. The summed E-state index contributed by atoms with van der Waals surface area (Å²) in [4.78, 5) is 65.1. The lowest BCUT2D eigenvalue weighted by Crippen LogP contribution is -2.39. The molecule has 0 radical (unpaired) electrons. The fourth-order valence-electron chi connectivity index (χ4n) is 6.15. The van der Waals surface area contributed by atoms with Gasteiger partial charge in [0.05, 0.1) is 16.3 Å². The Balaban J connectivity index is 1.60. The molecule has 186 valence electrons. The van der Waals surface area contributed by atoms with Gasteiger partial charge >= 0.3 is 5.97 Å². The van der Waals surface area contributed by atoms with Crippen LogP contribution in [0.2, 0.25) is 0 Å². The van der Waals surface area contributed by atoms with Crippen LogP contribution in [0.3, 0.4) is 0 Å². The third-order valence-electron chi connectivity index (χ3n) is 7.77. The number of aryl methyl sites for hydroxylation is 1. The van der Waals surface area contributed by atoms with Crippen molar-refractivity contribution in [2.24, 2.45) is 17.8 Å². The number of likely N-dealkylation sites (tertiary alicyclic amines) is 1. The van der Waals surface area contributed by atoms with E-state index in [0.29, 0.717) is 28.7 Å². The Morgan fingerprint density at radius 2 is 1.89 bits per heavy atom. The minimum atomic E-state index is -0.998. The highest BCUT2D eigenvalue weighted by Crippen LogP contribution is 2.56. The molecule has 1 fully saturated rings. The van der Waals surface area contributed by atoms with Gasteiger partial charge in [0.2, 0.25) is 11.8 Å². The number of hydrogen-bond acceptors (Lipinski definition) is 6. The zero-order valence-electron chi connectivity index (χ0n) is 19.5. The van der Waals surface area contributed by atoms with E-state index in [1.807, 2.05) is 6.08 Å². The van der Waals surface area contributed by atoms with Crippen LogP contribution < -0.4 is 0 Å². The van der Waals surface area contributed by atoms with Crippen LogP contribution in [0.1, 0.15) is 42.7 Å². The summed E-state index contributed by atoms with van der Waals surface area (Å²) >= 11 is 3.19. The number of carbonyl (C=O) groups excluding carboxylic acids is 4. The first-order valence-electron chi connectivity index (χ1n) is 11.9. The quantitative estimate of drug-likeness (QED) is 0.325. The number of Topliss-reactive ketones (excluding diaryl/α,β-unsaturated/α-hetero) is 1. The van der Waals surface area contributed by atoms with Crippen LogP contribution in [0, 0.1) is 24.7 Å². The maximum atomic E-state index is 13.5. The molecule has 0 aromatic heterocycles. The number of carboxylic acid groups (broad SMARTS) is 1. The molecule has 0 bridgehead atoms. The zero-order valence-corrected chi connectivity index (χ0v) is 21.1. The number of nitrogens with zero attached hydrogens (tertiary/aromatic N) is 1. The number of fused-ring (bicyclic) bond motifs is 3. The molecular formula is C27H24BrNO7. The molecule has 1 aromatic rings. The van der Waals surface area contributed by atoms with Gasteiger partial charge in [0.25, 0.3) is 0 Å². The first kappa shape index (κ1) is 24.4. The third kappa shape index (κ3) is 3.68. The largest absolute Gasteiger partial charge is 0.507 e. The number of aliphatic carboxylic acids is 1. The SMILES string of the molecule is Cc1cccc(C2C3=CCC4C(=O)N(CCCC(=O)O)C(=O)C4C3CC3=C2C(=O)C=C(Br)C3=O)c1O. The molecule has 5 rings (SSSR count). The highest BCUT2D eigenvalue weighted by Gasteiger charge is 2.56. The Hall–Kier alpha value is -3.33. The molecule has 3 aliphatic carbocycles. The van der Waals surface area contributed by atoms with E-state index in [4.69, 9.17) is 5.11 Å². The fraction of sp³-hybridized carbons (Fsp3) is 0.370. The lowest BCUT2D eigenvalue weighted by Gasteiger charge is -2.42. The van der Waals surface area contributed by atoms with E-state index >= 15 is 0 Å². The van der Waals surface area contributed by atoms with Gasteiger partial charge in [-0.25, -0.2) is 0 Å². The number of hydrogen-bond donors (Lipinski definition) is 2. The summed E-state index contributed by atoms with van der Waals surface area (Å²) in [5.41, 5.74) is 2.47. The number of para-hydroxylation sites is 1. The van der Waals surface area contributed by atoms with Crippen molar-refractivity contribution < 1.29 is 34.2 Å². The molecule has 1 aliphatic heterocycles. The molecule has 0 spiro atoms. The van der Waals surface area contributed by atoms with E-state index in [2.05, 4.69) is 15.9 Å². The number of ketones is 2. The zero-order chi connectivity index (χ0) is 25.9. The summed E-state index contributed by atoms with van der Waals surface area (Å²) in [7, 11) is 0. The molecule has 9 heteroatoms. The summed E-state index contributed by atoms with van der Waals surface area (Å²) in [6.07, 6.45) is 3.59. The van der Waals surface area contributed by atoms with E-state index in [1.165, 1.54) is 6.08 Å². The van der Waals surface area contributed by atoms with Crippen LogP contribution in [0.4, 0.5) is 0 Å². The summed E-state index contributed by atoms with van der Waals surface area (Å²) in [6.45, 7) is 1.78. The summed E-state index contributed by atoms with van der Waals surface area (Å²) in [6, 6.07) is 5.24. The molecule has 1 aromatic carbocycles. The van der Waals surface area contributed by atoms with Gasteiger partial charge in [-0.15, -0.1) is 0 Å². The van der Waals surface area contributed by atoms with Crippen molar-refractivity contribution in [3.63, 3.8) is 0 Å². The van der Waals surface area contributed by atoms with Crippen LogP contribution >= 0.6 is 15.9 Å². The highest BCUT2D eigenvalue weighted by molar-refractivity contribution is 9.12. The Bertz CT molecular complexity index is 1340. The van der Waals surface area contributed by atoms with Crippen molar-refractivity contribution in [1.82, 2.24) is 4.90 Å². The van der Waals surface area contributed by atoms with Gasteiger partial charge < -0.3 is 10.2 Å². The number of phenolic OH excluding ortho intramolecular Hbond substituents is 1. The van der Waals surface area contributed by atoms with E-state index < -0.39 is 29.6 Å². The van der Waals surface area contributed by atoms with Crippen molar-refractivity contribution in [3.8, 4) is 5.75 Å². The van der Waals surface area contributed by atoms with Crippen LogP contribution in [0.25, 0.3) is 0 Å². The summed E-state index contributed by atoms with van der Waals surface area (Å²) < 4.78 is 0.141. The maximum absolute atomic E-state index is 13.5. The normalized spacial score (nSPS) is 27.4. The van der Waals surface area contributed by atoms with Gasteiger partial charge in [0.1, 0.15) is 5.75 Å². The van der Waals surface area contributed by atoms with Gasteiger partial charge in [-0.1, -0.05) is 29.8 Å². The Morgan fingerprint density at radius 1 is 1.14 bits per heavy atom. The van der Waals surface area contributed by atoms with Crippen molar-refractivity contribution in [1.29, 1.82) is 0 Å². The van der Waals surface area contributed by atoms with Gasteiger partial charge in [-0.3, -0.25) is 28.9 Å². The lowest BCUT2D eigenvalue weighted by molar-refractivity contribution is -0.142. The number of phenols is 1. The Labute approximate surface area is 215 Å². The topological polar surface area (TPSA) is 129 Å².